The molecule has 0 N–H and O–H groups in total. The second kappa shape index (κ2) is 5.73. The van der Waals surface area contributed by atoms with Crippen molar-refractivity contribution in [3.05, 3.63) is 23.8 Å². The first-order valence-corrected chi connectivity index (χ1v) is 7.65. The standard InChI is InChI=1S/C16H24N4O/c1-11(2)13-9-20(10-15(13)19(3)4)8-12-6-5-7-14-16(12)18-21-17-14/h5-7,11,13,15H,8-10H2,1-4H3/t13-,15+/m0/s1. The zero-order valence-corrected chi connectivity index (χ0v) is 13.3. The number of benzene rings is 1. The number of nitrogens with zero attached hydrogens (tertiary/aromatic N) is 4. The minimum absolute atomic E-state index is 0.625. The second-order valence-corrected chi connectivity index (χ2v) is 6.68. The summed E-state index contributed by atoms with van der Waals surface area (Å²) in [4.78, 5) is 4.89. The summed E-state index contributed by atoms with van der Waals surface area (Å²) in [6, 6.07) is 6.72. The van der Waals surface area contributed by atoms with Crippen molar-refractivity contribution in [2.24, 2.45) is 11.8 Å². The lowest BCUT2D eigenvalue weighted by Gasteiger charge is -2.27. The molecule has 0 radical (unpaired) electrons. The van der Waals surface area contributed by atoms with Gasteiger partial charge in [-0.05, 0) is 47.9 Å². The van der Waals surface area contributed by atoms with E-state index in [1.165, 1.54) is 5.56 Å². The fourth-order valence-electron chi connectivity index (χ4n) is 3.46. The van der Waals surface area contributed by atoms with Crippen molar-refractivity contribution in [2.75, 3.05) is 27.2 Å². The third-order valence-electron chi connectivity index (χ3n) is 4.69. The molecular formula is C16H24N4O. The Bertz CT molecular complexity index is 591. The van der Waals surface area contributed by atoms with Gasteiger partial charge in [-0.25, -0.2) is 4.63 Å². The zero-order chi connectivity index (χ0) is 15.0. The Morgan fingerprint density at radius 3 is 2.76 bits per heavy atom. The Hall–Kier alpha value is -1.46. The maximum Gasteiger partial charge on any atom is 0.139 e. The fourth-order valence-corrected chi connectivity index (χ4v) is 3.46. The summed E-state index contributed by atoms with van der Waals surface area (Å²) >= 11 is 0. The summed E-state index contributed by atoms with van der Waals surface area (Å²) in [6.45, 7) is 7.82. The SMILES string of the molecule is CC(C)[C@@H]1CN(Cc2cccc3nonc23)C[C@H]1N(C)C. The van der Waals surface area contributed by atoms with Crippen molar-refractivity contribution in [3.63, 3.8) is 0 Å². The second-order valence-electron chi connectivity index (χ2n) is 6.68. The molecular weight excluding hydrogens is 264 g/mol. The van der Waals surface area contributed by atoms with Crippen molar-refractivity contribution in [2.45, 2.75) is 26.4 Å². The largest absolute Gasteiger partial charge is 0.305 e. The van der Waals surface area contributed by atoms with Gasteiger partial charge in [0.05, 0.1) is 0 Å². The maximum atomic E-state index is 4.86. The van der Waals surface area contributed by atoms with Gasteiger partial charge >= 0.3 is 0 Å². The van der Waals surface area contributed by atoms with Gasteiger partial charge in [-0.3, -0.25) is 4.90 Å². The van der Waals surface area contributed by atoms with Gasteiger partial charge in [0.25, 0.3) is 0 Å². The number of fused-ring (bicyclic) bond motifs is 1. The molecule has 1 aromatic carbocycles. The van der Waals surface area contributed by atoms with Gasteiger partial charge in [0.15, 0.2) is 0 Å². The Balaban J connectivity index is 1.78. The van der Waals surface area contributed by atoms with Crippen LogP contribution in [0, 0.1) is 11.8 Å². The van der Waals surface area contributed by atoms with Crippen LogP contribution in [0.1, 0.15) is 19.4 Å². The molecule has 3 rings (SSSR count). The highest BCUT2D eigenvalue weighted by Gasteiger charge is 2.35. The van der Waals surface area contributed by atoms with Gasteiger partial charge in [-0.2, -0.15) is 0 Å². The summed E-state index contributed by atoms with van der Waals surface area (Å²) in [5.74, 6) is 1.42. The first-order valence-electron chi connectivity index (χ1n) is 7.65. The summed E-state index contributed by atoms with van der Waals surface area (Å²) in [7, 11) is 4.37. The first kappa shape index (κ1) is 14.5. The van der Waals surface area contributed by atoms with Crippen molar-refractivity contribution >= 4 is 11.0 Å². The minimum atomic E-state index is 0.625. The first-order chi connectivity index (χ1) is 10.1. The molecule has 0 unspecified atom stereocenters. The van der Waals surface area contributed by atoms with Gasteiger partial charge in [0, 0.05) is 25.7 Å². The monoisotopic (exact) mass is 288 g/mol. The molecule has 2 heterocycles. The Kier molecular flexibility index (Phi) is 3.95. The van der Waals surface area contributed by atoms with E-state index in [1.807, 2.05) is 12.1 Å². The highest BCUT2D eigenvalue weighted by atomic mass is 16.6. The number of hydrogen-bond donors (Lipinski definition) is 0. The van der Waals surface area contributed by atoms with Crippen LogP contribution in [0.5, 0.6) is 0 Å². The maximum absolute atomic E-state index is 4.86. The number of hydrogen-bond acceptors (Lipinski definition) is 5. The van der Waals surface area contributed by atoms with Crippen LogP contribution in [-0.4, -0.2) is 53.3 Å². The average Bonchev–Trinajstić information content (AvgIpc) is 3.05. The van der Waals surface area contributed by atoms with Gasteiger partial charge in [-0.15, -0.1) is 0 Å². The minimum Gasteiger partial charge on any atom is -0.305 e. The van der Waals surface area contributed by atoms with Crippen LogP contribution in [0.4, 0.5) is 0 Å². The number of rotatable bonds is 4. The highest BCUT2D eigenvalue weighted by Crippen LogP contribution is 2.29. The van der Waals surface area contributed by atoms with Gasteiger partial charge in [0.1, 0.15) is 11.0 Å². The molecule has 5 nitrogen and oxygen atoms in total. The quantitative estimate of drug-likeness (QED) is 0.863. The Labute approximate surface area is 125 Å². The van der Waals surface area contributed by atoms with Crippen LogP contribution < -0.4 is 0 Å². The highest BCUT2D eigenvalue weighted by molar-refractivity contribution is 5.76. The molecule has 114 valence electrons. The normalized spacial score (nSPS) is 23.7. The summed E-state index contributed by atoms with van der Waals surface area (Å²) < 4.78 is 4.86. The van der Waals surface area contributed by atoms with E-state index in [4.69, 9.17) is 4.63 Å². The van der Waals surface area contributed by atoms with E-state index >= 15 is 0 Å². The molecule has 1 aliphatic rings. The van der Waals surface area contributed by atoms with Crippen LogP contribution in [0.3, 0.4) is 0 Å². The van der Waals surface area contributed by atoms with E-state index < -0.39 is 0 Å². The van der Waals surface area contributed by atoms with E-state index in [2.05, 4.69) is 54.1 Å². The average molecular weight is 288 g/mol. The van der Waals surface area contributed by atoms with Gasteiger partial charge in [0.2, 0.25) is 0 Å². The Morgan fingerprint density at radius 1 is 1.29 bits per heavy atom. The molecule has 2 aromatic rings. The lowest BCUT2D eigenvalue weighted by Crippen LogP contribution is -2.37. The lowest BCUT2D eigenvalue weighted by atomic mass is 9.91. The Morgan fingerprint density at radius 2 is 2.10 bits per heavy atom. The van der Waals surface area contributed by atoms with Crippen LogP contribution in [-0.2, 0) is 6.54 Å². The van der Waals surface area contributed by atoms with Crippen LogP contribution in [0.2, 0.25) is 0 Å². The van der Waals surface area contributed by atoms with Crippen molar-refractivity contribution in [1.82, 2.24) is 20.1 Å². The fraction of sp³-hybridized carbons (Fsp3) is 0.625. The predicted octanol–water partition coefficient (Wildman–Crippen LogP) is 2.24. The van der Waals surface area contributed by atoms with Crippen LogP contribution in [0.15, 0.2) is 22.8 Å². The van der Waals surface area contributed by atoms with Gasteiger partial charge in [-0.1, -0.05) is 26.0 Å². The zero-order valence-electron chi connectivity index (χ0n) is 13.3. The van der Waals surface area contributed by atoms with E-state index in [-0.39, 0.29) is 0 Å². The summed E-state index contributed by atoms with van der Waals surface area (Å²) in [5.41, 5.74) is 2.94. The molecule has 21 heavy (non-hydrogen) atoms. The van der Waals surface area contributed by atoms with Crippen molar-refractivity contribution in [3.8, 4) is 0 Å². The third-order valence-corrected chi connectivity index (χ3v) is 4.69. The molecule has 0 amide bonds. The van der Waals surface area contributed by atoms with E-state index in [0.717, 1.165) is 36.6 Å². The topological polar surface area (TPSA) is 45.4 Å². The number of likely N-dealkylation sites (tertiary alicyclic amines) is 1. The summed E-state index contributed by atoms with van der Waals surface area (Å²) in [5, 5.41) is 7.97. The summed E-state index contributed by atoms with van der Waals surface area (Å²) in [6.07, 6.45) is 0. The van der Waals surface area contributed by atoms with E-state index in [9.17, 15) is 0 Å². The molecule has 1 aromatic heterocycles. The van der Waals surface area contributed by atoms with Crippen LogP contribution >= 0.6 is 0 Å². The number of aromatic nitrogens is 2. The molecule has 0 spiro atoms. The third kappa shape index (κ3) is 2.80. The van der Waals surface area contributed by atoms with Crippen molar-refractivity contribution < 1.29 is 4.63 Å². The molecule has 0 bridgehead atoms. The van der Waals surface area contributed by atoms with Crippen molar-refractivity contribution in [1.29, 1.82) is 0 Å². The van der Waals surface area contributed by atoms with E-state index in [0.29, 0.717) is 12.0 Å². The lowest BCUT2D eigenvalue weighted by molar-refractivity contribution is 0.215. The van der Waals surface area contributed by atoms with E-state index in [1.54, 1.807) is 0 Å². The molecule has 1 aliphatic heterocycles. The molecule has 2 atom stereocenters. The molecule has 5 heteroatoms. The van der Waals surface area contributed by atoms with Gasteiger partial charge < -0.3 is 4.90 Å². The number of likely N-dealkylation sites (N-methyl/N-ethyl adjacent to an activating group) is 1. The molecule has 0 aliphatic carbocycles. The predicted molar refractivity (Wildman–Crippen MR) is 82.9 cm³/mol. The molecule has 0 saturated carbocycles. The smallest absolute Gasteiger partial charge is 0.139 e. The molecule has 1 fully saturated rings. The van der Waals surface area contributed by atoms with Crippen LogP contribution in [0.25, 0.3) is 11.0 Å². The molecule has 1 saturated heterocycles.